The lowest BCUT2D eigenvalue weighted by Crippen LogP contribution is -2.10. The Kier molecular flexibility index (Phi) is 21.9. The molecule has 0 aromatic heterocycles. The van der Waals surface area contributed by atoms with Gasteiger partial charge in [-0.25, -0.2) is 0 Å². The minimum Gasteiger partial charge on any atom is -0.426 e. The highest BCUT2D eigenvalue weighted by Gasteiger charge is 2.12. The van der Waals surface area contributed by atoms with Gasteiger partial charge in [0.1, 0.15) is 5.75 Å². The fraction of sp³-hybridized carbons (Fsp3) is 0.706. The van der Waals surface area contributed by atoms with Crippen LogP contribution >= 0.6 is 0 Å². The van der Waals surface area contributed by atoms with Gasteiger partial charge in [0.2, 0.25) is 0 Å². The number of carbonyl (C=O) groups is 2. The van der Waals surface area contributed by atoms with Gasteiger partial charge < -0.3 is 4.74 Å². The smallest absolute Gasteiger partial charge is 0.311 e. The molecule has 37 heavy (non-hydrogen) atoms. The van der Waals surface area contributed by atoms with E-state index >= 15 is 0 Å². The van der Waals surface area contributed by atoms with Gasteiger partial charge in [-0.15, -0.1) is 0 Å². The molecule has 210 valence electrons. The number of carbonyl (C=O) groups excluding carboxylic acids is 2. The molecule has 0 N–H and O–H groups in total. The Bertz CT molecular complexity index is 722. The number of benzene rings is 1. The molecule has 0 saturated heterocycles. The molecule has 0 saturated carbocycles. The predicted octanol–water partition coefficient (Wildman–Crippen LogP) is 10.7. The first-order valence-corrected chi connectivity index (χ1v) is 15.7. The molecule has 0 fully saturated rings. The molecule has 3 heteroatoms. The van der Waals surface area contributed by atoms with Crippen molar-refractivity contribution in [2.75, 3.05) is 0 Å². The first kappa shape index (κ1) is 33.1. The lowest BCUT2D eigenvalue weighted by atomic mass is 10.00. The largest absolute Gasteiger partial charge is 0.426 e. The van der Waals surface area contributed by atoms with Gasteiger partial charge in [0, 0.05) is 6.42 Å². The van der Waals surface area contributed by atoms with Crippen LogP contribution in [0.1, 0.15) is 165 Å². The van der Waals surface area contributed by atoms with Gasteiger partial charge >= 0.3 is 5.97 Å². The zero-order valence-corrected chi connectivity index (χ0v) is 24.2. The number of rotatable bonds is 25. The third-order valence-electron chi connectivity index (χ3n) is 7.19. The summed E-state index contributed by atoms with van der Waals surface area (Å²) in [4.78, 5) is 24.1. The first-order valence-electron chi connectivity index (χ1n) is 15.7. The van der Waals surface area contributed by atoms with Crippen molar-refractivity contribution >= 4 is 12.3 Å². The Morgan fingerprint density at radius 2 is 1.19 bits per heavy atom. The third-order valence-corrected chi connectivity index (χ3v) is 7.19. The highest BCUT2D eigenvalue weighted by Crippen LogP contribution is 2.23. The van der Waals surface area contributed by atoms with Crippen LogP contribution in [-0.2, 0) is 11.2 Å². The van der Waals surface area contributed by atoms with E-state index in [0.29, 0.717) is 17.7 Å². The molecule has 0 amide bonds. The van der Waals surface area contributed by atoms with Crippen LogP contribution in [0.5, 0.6) is 5.75 Å². The fourth-order valence-corrected chi connectivity index (χ4v) is 4.82. The molecule has 0 aliphatic heterocycles. The molecular weight excluding hydrogens is 456 g/mol. The van der Waals surface area contributed by atoms with E-state index in [-0.39, 0.29) is 5.97 Å². The van der Waals surface area contributed by atoms with Crippen LogP contribution in [0.15, 0.2) is 30.4 Å². The molecule has 1 rings (SSSR count). The van der Waals surface area contributed by atoms with E-state index in [1.165, 1.54) is 103 Å². The van der Waals surface area contributed by atoms with Crippen molar-refractivity contribution in [2.45, 2.75) is 155 Å². The number of hydrogen-bond donors (Lipinski definition) is 0. The van der Waals surface area contributed by atoms with Crippen molar-refractivity contribution in [1.29, 1.82) is 0 Å². The summed E-state index contributed by atoms with van der Waals surface area (Å²) in [5.41, 5.74) is 1.54. The van der Waals surface area contributed by atoms with Crippen molar-refractivity contribution in [3.8, 4) is 5.75 Å². The van der Waals surface area contributed by atoms with E-state index in [1.54, 1.807) is 6.07 Å². The second kappa shape index (κ2) is 24.4. The number of unbranched alkanes of at least 4 members (excludes halogenated alkanes) is 17. The average molecular weight is 513 g/mol. The summed E-state index contributed by atoms with van der Waals surface area (Å²) in [5, 5.41) is 0. The van der Waals surface area contributed by atoms with E-state index in [2.05, 4.69) is 26.0 Å². The van der Waals surface area contributed by atoms with Crippen molar-refractivity contribution in [3.05, 3.63) is 41.5 Å². The topological polar surface area (TPSA) is 43.4 Å². The fourth-order valence-electron chi connectivity index (χ4n) is 4.82. The lowest BCUT2D eigenvalue weighted by Gasteiger charge is -2.11. The number of allylic oxidation sites excluding steroid dienone is 2. The van der Waals surface area contributed by atoms with Gasteiger partial charge in [-0.2, -0.15) is 0 Å². The summed E-state index contributed by atoms with van der Waals surface area (Å²) in [6.45, 7) is 4.50. The Labute approximate surface area is 228 Å². The number of aryl methyl sites for hydroxylation is 1. The van der Waals surface area contributed by atoms with Crippen LogP contribution in [-0.4, -0.2) is 12.3 Å². The van der Waals surface area contributed by atoms with Crippen LogP contribution < -0.4 is 4.74 Å². The van der Waals surface area contributed by atoms with E-state index in [9.17, 15) is 9.59 Å². The monoisotopic (exact) mass is 512 g/mol. The number of hydrogen-bond acceptors (Lipinski definition) is 3. The van der Waals surface area contributed by atoms with Gasteiger partial charge in [0.25, 0.3) is 0 Å². The predicted molar refractivity (Wildman–Crippen MR) is 159 cm³/mol. The van der Waals surface area contributed by atoms with E-state index in [0.717, 1.165) is 44.0 Å². The maximum atomic E-state index is 12.4. The average Bonchev–Trinajstić information content (AvgIpc) is 2.90. The van der Waals surface area contributed by atoms with Crippen LogP contribution in [0, 0.1) is 0 Å². The zero-order valence-electron chi connectivity index (χ0n) is 24.2. The summed E-state index contributed by atoms with van der Waals surface area (Å²) >= 11 is 0. The number of aldehydes is 1. The summed E-state index contributed by atoms with van der Waals surface area (Å²) in [7, 11) is 0. The maximum Gasteiger partial charge on any atom is 0.311 e. The molecule has 0 atom stereocenters. The van der Waals surface area contributed by atoms with Gasteiger partial charge in [-0.1, -0.05) is 128 Å². The van der Waals surface area contributed by atoms with Gasteiger partial charge in [-0.3, -0.25) is 9.59 Å². The molecule has 0 heterocycles. The Hall–Kier alpha value is -1.90. The van der Waals surface area contributed by atoms with Crippen LogP contribution in [0.25, 0.3) is 0 Å². The van der Waals surface area contributed by atoms with Crippen molar-refractivity contribution in [2.24, 2.45) is 0 Å². The minimum absolute atomic E-state index is 0.228. The molecule has 0 aliphatic rings. The third kappa shape index (κ3) is 18.1. The maximum absolute atomic E-state index is 12.4. The van der Waals surface area contributed by atoms with Crippen LogP contribution in [0.3, 0.4) is 0 Å². The van der Waals surface area contributed by atoms with E-state index in [1.807, 2.05) is 12.1 Å². The van der Waals surface area contributed by atoms with Crippen molar-refractivity contribution in [3.63, 3.8) is 0 Å². The highest BCUT2D eigenvalue weighted by molar-refractivity contribution is 5.84. The molecule has 0 aliphatic carbocycles. The second-order valence-corrected chi connectivity index (χ2v) is 10.6. The first-order chi connectivity index (χ1) is 18.2. The lowest BCUT2D eigenvalue weighted by molar-refractivity contribution is -0.134. The van der Waals surface area contributed by atoms with Crippen molar-refractivity contribution < 1.29 is 14.3 Å². The quantitative estimate of drug-likeness (QED) is 0.0430. The summed E-state index contributed by atoms with van der Waals surface area (Å²) in [6.07, 6.45) is 31.6. The van der Waals surface area contributed by atoms with E-state index < -0.39 is 0 Å². The second-order valence-electron chi connectivity index (χ2n) is 10.6. The molecular formula is C34H56O3. The molecule has 0 spiro atoms. The van der Waals surface area contributed by atoms with Crippen molar-refractivity contribution in [1.82, 2.24) is 0 Å². The van der Waals surface area contributed by atoms with Gasteiger partial charge in [0.05, 0.1) is 5.56 Å². The Morgan fingerprint density at radius 1 is 0.676 bits per heavy atom. The zero-order chi connectivity index (χ0) is 26.8. The molecule has 3 nitrogen and oxygen atoms in total. The van der Waals surface area contributed by atoms with Crippen LogP contribution in [0.2, 0.25) is 0 Å². The molecule has 1 aromatic carbocycles. The SMILES string of the molecule is CCCCCCCC/C=C\CCCCCCCC(=O)Oc1cccc(CCCCCCCCC)c1C=O. The molecule has 1 aromatic rings. The summed E-state index contributed by atoms with van der Waals surface area (Å²) < 4.78 is 5.59. The standard InChI is InChI=1S/C34H56O3/c1-3-5-7-9-11-12-13-14-15-16-17-18-20-22-24-29-34(36)37-33-28-25-27-31(32(33)30-35)26-23-21-19-10-8-6-4-2/h14-15,25,27-28,30H,3-13,16-24,26,29H2,1-2H3/b15-14-. The minimum atomic E-state index is -0.228. The Balaban J connectivity index is 2.14. The molecule has 0 bridgehead atoms. The summed E-state index contributed by atoms with van der Waals surface area (Å²) in [5.74, 6) is 0.196. The number of esters is 1. The Morgan fingerprint density at radius 3 is 1.76 bits per heavy atom. The summed E-state index contributed by atoms with van der Waals surface area (Å²) in [6, 6.07) is 5.63. The van der Waals surface area contributed by atoms with E-state index in [4.69, 9.17) is 4.74 Å². The van der Waals surface area contributed by atoms with Gasteiger partial charge in [0.15, 0.2) is 6.29 Å². The van der Waals surface area contributed by atoms with Crippen LogP contribution in [0.4, 0.5) is 0 Å². The molecule has 0 radical (unpaired) electrons. The normalized spacial score (nSPS) is 11.3. The molecule has 0 unspecified atom stereocenters. The highest BCUT2D eigenvalue weighted by atomic mass is 16.5. The number of ether oxygens (including phenoxy) is 1. The van der Waals surface area contributed by atoms with Gasteiger partial charge in [-0.05, 0) is 56.6 Å².